The van der Waals surface area contributed by atoms with Crippen molar-refractivity contribution in [2.24, 2.45) is 0 Å². The number of hydrogen-bond donors (Lipinski definition) is 2. The minimum atomic E-state index is -3.70. The summed E-state index contributed by atoms with van der Waals surface area (Å²) in [5.74, 6) is 0. The van der Waals surface area contributed by atoms with Crippen LogP contribution in [0, 0.1) is 13.8 Å². The van der Waals surface area contributed by atoms with E-state index in [4.69, 9.17) is 11.6 Å². The van der Waals surface area contributed by atoms with Gasteiger partial charge in [-0.05, 0) is 48.6 Å². The van der Waals surface area contributed by atoms with Crippen molar-refractivity contribution in [3.63, 3.8) is 0 Å². The molecule has 0 spiro atoms. The lowest BCUT2D eigenvalue weighted by Crippen LogP contribution is -2.29. The molecule has 0 fully saturated rings. The molecule has 1 heterocycles. The smallest absolute Gasteiger partial charge is 0.240 e. The highest BCUT2D eigenvalue weighted by atomic mass is 35.5. The van der Waals surface area contributed by atoms with Gasteiger partial charge in [-0.15, -0.1) is 11.3 Å². The third-order valence-electron chi connectivity index (χ3n) is 3.18. The van der Waals surface area contributed by atoms with Crippen molar-refractivity contribution in [3.05, 3.63) is 50.7 Å². The van der Waals surface area contributed by atoms with Gasteiger partial charge in [-0.25, -0.2) is 13.1 Å². The van der Waals surface area contributed by atoms with Crippen LogP contribution in [0.1, 0.15) is 22.1 Å². The SMILES string of the molecule is Cc1ccsc1C(O)CNS(=O)(=O)c1cccc(Cl)c1C. The van der Waals surface area contributed by atoms with Crippen molar-refractivity contribution < 1.29 is 13.5 Å². The number of nitrogens with one attached hydrogen (secondary N) is 1. The minimum Gasteiger partial charge on any atom is -0.386 e. The highest BCUT2D eigenvalue weighted by Gasteiger charge is 2.20. The molecule has 0 aliphatic rings. The molecule has 0 saturated carbocycles. The van der Waals surface area contributed by atoms with Crippen LogP contribution in [-0.2, 0) is 10.0 Å². The summed E-state index contributed by atoms with van der Waals surface area (Å²) in [6.07, 6.45) is -0.862. The number of rotatable bonds is 5. The predicted molar refractivity (Wildman–Crippen MR) is 85.4 cm³/mol. The Hall–Kier alpha value is -0.920. The fourth-order valence-corrected chi connectivity index (χ4v) is 4.41. The van der Waals surface area contributed by atoms with Crippen LogP contribution >= 0.6 is 22.9 Å². The molecule has 2 aromatic rings. The van der Waals surface area contributed by atoms with Crippen LogP contribution in [0.4, 0.5) is 0 Å². The van der Waals surface area contributed by atoms with E-state index in [-0.39, 0.29) is 11.4 Å². The van der Waals surface area contributed by atoms with Crippen LogP contribution in [0.5, 0.6) is 0 Å². The summed E-state index contributed by atoms with van der Waals surface area (Å²) in [5.41, 5.74) is 1.44. The van der Waals surface area contributed by atoms with Crippen molar-refractivity contribution >= 4 is 33.0 Å². The summed E-state index contributed by atoms with van der Waals surface area (Å²) in [4.78, 5) is 0.894. The number of sulfonamides is 1. The third-order valence-corrected chi connectivity index (χ3v) is 6.28. The molecule has 1 unspecified atom stereocenters. The molecule has 1 aromatic heterocycles. The molecule has 7 heteroatoms. The van der Waals surface area contributed by atoms with Crippen LogP contribution in [0.2, 0.25) is 5.02 Å². The lowest BCUT2D eigenvalue weighted by atomic mass is 10.2. The maximum Gasteiger partial charge on any atom is 0.240 e. The maximum atomic E-state index is 12.3. The second-order valence-electron chi connectivity index (χ2n) is 4.70. The van der Waals surface area contributed by atoms with Crippen LogP contribution in [-0.4, -0.2) is 20.1 Å². The number of hydrogen-bond acceptors (Lipinski definition) is 4. The molecule has 114 valence electrons. The van der Waals surface area contributed by atoms with Gasteiger partial charge in [-0.1, -0.05) is 17.7 Å². The van der Waals surface area contributed by atoms with E-state index >= 15 is 0 Å². The van der Waals surface area contributed by atoms with E-state index in [0.29, 0.717) is 10.6 Å². The Morgan fingerprint density at radius 2 is 2.05 bits per heavy atom. The highest BCUT2D eigenvalue weighted by molar-refractivity contribution is 7.89. The molecule has 0 aliphatic carbocycles. The van der Waals surface area contributed by atoms with Crippen molar-refractivity contribution in [3.8, 4) is 0 Å². The first-order chi connectivity index (χ1) is 9.83. The number of aliphatic hydroxyl groups excluding tert-OH is 1. The number of aliphatic hydroxyl groups is 1. The van der Waals surface area contributed by atoms with Crippen molar-refractivity contribution in [2.45, 2.75) is 24.8 Å². The van der Waals surface area contributed by atoms with E-state index in [2.05, 4.69) is 4.72 Å². The molecule has 0 aliphatic heterocycles. The van der Waals surface area contributed by atoms with Gasteiger partial charge in [-0.3, -0.25) is 0 Å². The lowest BCUT2D eigenvalue weighted by molar-refractivity contribution is 0.185. The first-order valence-electron chi connectivity index (χ1n) is 6.30. The molecule has 21 heavy (non-hydrogen) atoms. The zero-order chi connectivity index (χ0) is 15.6. The zero-order valence-electron chi connectivity index (χ0n) is 11.6. The van der Waals surface area contributed by atoms with Gasteiger partial charge in [-0.2, -0.15) is 0 Å². The molecule has 2 rings (SSSR count). The fraction of sp³-hybridized carbons (Fsp3) is 0.286. The van der Waals surface area contributed by atoms with E-state index in [1.807, 2.05) is 18.4 Å². The molecule has 2 N–H and O–H groups in total. The van der Waals surface area contributed by atoms with Crippen molar-refractivity contribution in [1.82, 2.24) is 4.72 Å². The Kier molecular flexibility index (Phi) is 5.06. The maximum absolute atomic E-state index is 12.3. The summed E-state index contributed by atoms with van der Waals surface area (Å²) in [7, 11) is -3.70. The second kappa shape index (κ2) is 6.46. The van der Waals surface area contributed by atoms with Crippen LogP contribution in [0.3, 0.4) is 0 Å². The largest absolute Gasteiger partial charge is 0.386 e. The Balaban J connectivity index is 2.15. The quantitative estimate of drug-likeness (QED) is 0.875. The number of halogens is 1. The first kappa shape index (κ1) is 16.5. The Morgan fingerprint density at radius 1 is 1.33 bits per heavy atom. The van der Waals surface area contributed by atoms with Gasteiger partial charge >= 0.3 is 0 Å². The van der Waals surface area contributed by atoms with Gasteiger partial charge in [0, 0.05) is 16.4 Å². The van der Waals surface area contributed by atoms with Crippen molar-refractivity contribution in [2.75, 3.05) is 6.54 Å². The van der Waals surface area contributed by atoms with Gasteiger partial charge in [0.05, 0.1) is 4.90 Å². The summed E-state index contributed by atoms with van der Waals surface area (Å²) in [5, 5.41) is 12.3. The van der Waals surface area contributed by atoms with E-state index in [0.717, 1.165) is 10.4 Å². The molecule has 0 radical (unpaired) electrons. The van der Waals surface area contributed by atoms with Gasteiger partial charge in [0.25, 0.3) is 0 Å². The molecule has 0 amide bonds. The molecule has 1 atom stereocenters. The van der Waals surface area contributed by atoms with Crippen molar-refractivity contribution in [1.29, 1.82) is 0 Å². The normalized spacial score (nSPS) is 13.3. The second-order valence-corrected chi connectivity index (χ2v) is 7.79. The monoisotopic (exact) mass is 345 g/mol. The first-order valence-corrected chi connectivity index (χ1v) is 9.04. The van der Waals surface area contributed by atoms with E-state index < -0.39 is 16.1 Å². The molecular weight excluding hydrogens is 330 g/mol. The zero-order valence-corrected chi connectivity index (χ0v) is 14.0. The average molecular weight is 346 g/mol. The standard InChI is InChI=1S/C14H16ClNO3S2/c1-9-6-7-20-14(9)12(17)8-16-21(18,19)13-5-3-4-11(15)10(13)2/h3-7,12,16-17H,8H2,1-2H3. The summed E-state index contributed by atoms with van der Waals surface area (Å²) in [6.45, 7) is 3.46. The molecule has 4 nitrogen and oxygen atoms in total. The molecule has 1 aromatic carbocycles. The Bertz CT molecular complexity index is 740. The molecule has 0 bridgehead atoms. The highest BCUT2D eigenvalue weighted by Crippen LogP contribution is 2.25. The van der Waals surface area contributed by atoms with Gasteiger partial charge < -0.3 is 5.11 Å². The summed E-state index contributed by atoms with van der Waals surface area (Å²) >= 11 is 7.35. The van der Waals surface area contributed by atoms with Gasteiger partial charge in [0.2, 0.25) is 10.0 Å². The molecular formula is C14H16ClNO3S2. The van der Waals surface area contributed by atoms with Crippen LogP contribution in [0.15, 0.2) is 34.5 Å². The van der Waals surface area contributed by atoms with Crippen LogP contribution in [0.25, 0.3) is 0 Å². The lowest BCUT2D eigenvalue weighted by Gasteiger charge is -2.13. The summed E-state index contributed by atoms with van der Waals surface area (Å²) in [6, 6.07) is 6.61. The van der Waals surface area contributed by atoms with E-state index in [9.17, 15) is 13.5 Å². The topological polar surface area (TPSA) is 66.4 Å². The van der Waals surface area contributed by atoms with Gasteiger partial charge in [0.15, 0.2) is 0 Å². The fourth-order valence-electron chi connectivity index (χ4n) is 1.96. The molecule has 0 saturated heterocycles. The Labute approximate surface area is 133 Å². The van der Waals surface area contributed by atoms with E-state index in [1.165, 1.54) is 17.4 Å². The minimum absolute atomic E-state index is 0.0738. The number of aryl methyl sites for hydroxylation is 1. The third kappa shape index (κ3) is 3.64. The Morgan fingerprint density at radius 3 is 2.67 bits per heavy atom. The number of benzene rings is 1. The summed E-state index contributed by atoms with van der Waals surface area (Å²) < 4.78 is 27.0. The van der Waals surface area contributed by atoms with Crippen LogP contribution < -0.4 is 4.72 Å². The average Bonchev–Trinajstić information content (AvgIpc) is 2.85. The predicted octanol–water partition coefficient (Wildman–Crippen LogP) is 3.03. The number of thiophene rings is 1. The van der Waals surface area contributed by atoms with E-state index in [1.54, 1.807) is 19.1 Å². The van der Waals surface area contributed by atoms with Gasteiger partial charge in [0.1, 0.15) is 6.10 Å².